The highest BCUT2D eigenvalue weighted by Gasteiger charge is 2.11. The molecule has 1 amide bonds. The van der Waals surface area contributed by atoms with Gasteiger partial charge in [0, 0.05) is 17.6 Å². The number of rotatable bonds is 8. The minimum absolute atomic E-state index is 0.0822. The number of nitro groups is 1. The third-order valence-electron chi connectivity index (χ3n) is 3.33. The Labute approximate surface area is 153 Å². The molecule has 0 saturated heterocycles. The van der Waals surface area contributed by atoms with E-state index in [1.54, 1.807) is 13.1 Å². The Hall–Kier alpha value is -2.61. The zero-order chi connectivity index (χ0) is 18.2. The van der Waals surface area contributed by atoms with E-state index in [1.165, 1.54) is 23.1 Å². The molecular weight excluding hydrogens is 392 g/mol. The van der Waals surface area contributed by atoms with Crippen LogP contribution in [0, 0.1) is 10.1 Å². The van der Waals surface area contributed by atoms with Crippen molar-refractivity contribution in [1.82, 2.24) is 4.90 Å². The summed E-state index contributed by atoms with van der Waals surface area (Å²) in [6.07, 6.45) is 0. The topological polar surface area (TPSA) is 81.9 Å². The lowest BCUT2D eigenvalue weighted by Gasteiger charge is -2.17. The van der Waals surface area contributed by atoms with Gasteiger partial charge in [0.25, 0.3) is 11.6 Å². The fourth-order valence-corrected chi connectivity index (χ4v) is 2.16. The van der Waals surface area contributed by atoms with Gasteiger partial charge in [0.05, 0.1) is 17.5 Å². The normalized spacial score (nSPS) is 10.2. The van der Waals surface area contributed by atoms with Gasteiger partial charge in [-0.1, -0.05) is 22.0 Å². The van der Waals surface area contributed by atoms with E-state index in [2.05, 4.69) is 15.9 Å². The first-order chi connectivity index (χ1) is 12.0. The van der Waals surface area contributed by atoms with Crippen molar-refractivity contribution in [1.29, 1.82) is 0 Å². The number of benzene rings is 2. The molecule has 0 spiro atoms. The third kappa shape index (κ3) is 6.07. The maximum atomic E-state index is 12.0. The summed E-state index contributed by atoms with van der Waals surface area (Å²) in [5, 5.41) is 10.7. The van der Waals surface area contributed by atoms with Gasteiger partial charge in [-0.3, -0.25) is 14.9 Å². The predicted molar refractivity (Wildman–Crippen MR) is 95.9 cm³/mol. The van der Waals surface area contributed by atoms with Crippen LogP contribution in [0.3, 0.4) is 0 Å². The first kappa shape index (κ1) is 18.7. The first-order valence-corrected chi connectivity index (χ1v) is 8.24. The highest BCUT2D eigenvalue weighted by Crippen LogP contribution is 2.19. The van der Waals surface area contributed by atoms with Crippen molar-refractivity contribution in [2.24, 2.45) is 0 Å². The Balaban J connectivity index is 1.75. The molecule has 2 rings (SSSR count). The molecule has 2 aromatic rings. The lowest BCUT2D eigenvalue weighted by atomic mass is 10.3. The summed E-state index contributed by atoms with van der Waals surface area (Å²) in [6.45, 7) is 0.545. The summed E-state index contributed by atoms with van der Waals surface area (Å²) in [5.41, 5.74) is -0.0822. The molecule has 0 aliphatic rings. The number of carbonyl (C=O) groups is 1. The standard InChI is InChI=1S/C17H17BrN2O5/c1-19(9-10-24-15-7-5-13(18)6-8-15)17(21)12-25-16-4-2-3-14(11-16)20(22)23/h2-8,11H,9-10,12H2,1H3. The van der Waals surface area contributed by atoms with E-state index in [0.717, 1.165) is 10.2 Å². The molecule has 0 saturated carbocycles. The molecule has 2 aromatic carbocycles. The number of nitro benzene ring substituents is 1. The summed E-state index contributed by atoms with van der Waals surface area (Å²) < 4.78 is 11.8. The molecule has 8 heteroatoms. The van der Waals surface area contributed by atoms with Gasteiger partial charge in [-0.25, -0.2) is 0 Å². The van der Waals surface area contributed by atoms with Crippen LogP contribution >= 0.6 is 15.9 Å². The number of amides is 1. The molecule has 0 bridgehead atoms. The van der Waals surface area contributed by atoms with Crippen molar-refractivity contribution in [3.63, 3.8) is 0 Å². The molecule has 0 unspecified atom stereocenters. The second-order valence-electron chi connectivity index (χ2n) is 5.16. The molecular formula is C17H17BrN2O5. The largest absolute Gasteiger partial charge is 0.492 e. The summed E-state index contributed by atoms with van der Waals surface area (Å²) in [5.74, 6) is 0.755. The monoisotopic (exact) mass is 408 g/mol. The van der Waals surface area contributed by atoms with Gasteiger partial charge in [-0.05, 0) is 30.3 Å². The van der Waals surface area contributed by atoms with E-state index in [-0.39, 0.29) is 24.0 Å². The van der Waals surface area contributed by atoms with E-state index >= 15 is 0 Å². The zero-order valence-electron chi connectivity index (χ0n) is 13.6. The number of carbonyl (C=O) groups excluding carboxylic acids is 1. The molecule has 132 valence electrons. The predicted octanol–water partition coefficient (Wildman–Crippen LogP) is 3.27. The minimum Gasteiger partial charge on any atom is -0.492 e. The number of nitrogens with zero attached hydrogens (tertiary/aromatic N) is 2. The maximum Gasteiger partial charge on any atom is 0.273 e. The van der Waals surface area contributed by atoms with Gasteiger partial charge < -0.3 is 14.4 Å². The lowest BCUT2D eigenvalue weighted by molar-refractivity contribution is -0.384. The SMILES string of the molecule is CN(CCOc1ccc(Br)cc1)C(=O)COc1cccc([N+](=O)[O-])c1. The van der Waals surface area contributed by atoms with E-state index in [0.29, 0.717) is 13.2 Å². The average molecular weight is 409 g/mol. The molecule has 0 N–H and O–H groups in total. The van der Waals surface area contributed by atoms with Crippen molar-refractivity contribution in [3.8, 4) is 11.5 Å². The number of likely N-dealkylation sites (N-methyl/N-ethyl adjacent to an activating group) is 1. The Morgan fingerprint density at radius 2 is 1.88 bits per heavy atom. The van der Waals surface area contributed by atoms with Gasteiger partial charge in [0.1, 0.15) is 18.1 Å². The highest BCUT2D eigenvalue weighted by atomic mass is 79.9. The van der Waals surface area contributed by atoms with E-state index < -0.39 is 4.92 Å². The van der Waals surface area contributed by atoms with Gasteiger partial charge in [0.2, 0.25) is 0 Å². The van der Waals surface area contributed by atoms with Crippen LogP contribution in [-0.4, -0.2) is 42.5 Å². The van der Waals surface area contributed by atoms with Crippen molar-refractivity contribution >= 4 is 27.5 Å². The van der Waals surface area contributed by atoms with E-state index in [1.807, 2.05) is 24.3 Å². The Kier molecular flexibility index (Phi) is 6.76. The Morgan fingerprint density at radius 3 is 2.56 bits per heavy atom. The van der Waals surface area contributed by atoms with Gasteiger partial charge in [0.15, 0.2) is 6.61 Å². The summed E-state index contributed by atoms with van der Waals surface area (Å²) in [6, 6.07) is 13.1. The van der Waals surface area contributed by atoms with Crippen LogP contribution in [0.15, 0.2) is 53.0 Å². The number of halogens is 1. The first-order valence-electron chi connectivity index (χ1n) is 7.45. The molecule has 0 atom stereocenters. The molecule has 0 fully saturated rings. The molecule has 0 aromatic heterocycles. The van der Waals surface area contributed by atoms with Crippen LogP contribution in [0.1, 0.15) is 0 Å². The molecule has 25 heavy (non-hydrogen) atoms. The van der Waals surface area contributed by atoms with E-state index in [9.17, 15) is 14.9 Å². The Morgan fingerprint density at radius 1 is 1.16 bits per heavy atom. The van der Waals surface area contributed by atoms with Crippen molar-refractivity contribution < 1.29 is 19.2 Å². The van der Waals surface area contributed by atoms with Crippen molar-refractivity contribution in [2.45, 2.75) is 0 Å². The molecule has 0 heterocycles. The fraction of sp³-hybridized carbons (Fsp3) is 0.235. The number of ether oxygens (including phenoxy) is 2. The quantitative estimate of drug-likeness (QED) is 0.494. The molecule has 0 aliphatic carbocycles. The van der Waals surface area contributed by atoms with E-state index in [4.69, 9.17) is 9.47 Å². The number of hydrogen-bond donors (Lipinski definition) is 0. The minimum atomic E-state index is -0.514. The highest BCUT2D eigenvalue weighted by molar-refractivity contribution is 9.10. The fourth-order valence-electron chi connectivity index (χ4n) is 1.90. The van der Waals surface area contributed by atoms with Crippen molar-refractivity contribution in [2.75, 3.05) is 26.8 Å². The zero-order valence-corrected chi connectivity index (χ0v) is 15.1. The van der Waals surface area contributed by atoms with Gasteiger partial charge in [-0.15, -0.1) is 0 Å². The van der Waals surface area contributed by atoms with Crippen LogP contribution in [0.5, 0.6) is 11.5 Å². The summed E-state index contributed by atoms with van der Waals surface area (Å²) >= 11 is 3.35. The third-order valence-corrected chi connectivity index (χ3v) is 3.85. The smallest absolute Gasteiger partial charge is 0.273 e. The van der Waals surface area contributed by atoms with Crippen LogP contribution in [0.25, 0.3) is 0 Å². The molecule has 0 radical (unpaired) electrons. The van der Waals surface area contributed by atoms with Crippen LogP contribution < -0.4 is 9.47 Å². The molecule has 0 aliphatic heterocycles. The van der Waals surface area contributed by atoms with Gasteiger partial charge >= 0.3 is 0 Å². The van der Waals surface area contributed by atoms with Crippen LogP contribution in [-0.2, 0) is 4.79 Å². The molecule has 7 nitrogen and oxygen atoms in total. The summed E-state index contributed by atoms with van der Waals surface area (Å²) in [4.78, 5) is 23.7. The summed E-state index contributed by atoms with van der Waals surface area (Å²) in [7, 11) is 1.64. The second kappa shape index (κ2) is 9.03. The number of hydrogen-bond acceptors (Lipinski definition) is 5. The second-order valence-corrected chi connectivity index (χ2v) is 6.08. The van der Waals surface area contributed by atoms with Crippen LogP contribution in [0.2, 0.25) is 0 Å². The average Bonchev–Trinajstić information content (AvgIpc) is 2.61. The number of non-ortho nitro benzene ring substituents is 1. The van der Waals surface area contributed by atoms with Crippen molar-refractivity contribution in [3.05, 3.63) is 63.1 Å². The lowest BCUT2D eigenvalue weighted by Crippen LogP contribution is -2.34. The van der Waals surface area contributed by atoms with Crippen LogP contribution in [0.4, 0.5) is 5.69 Å². The maximum absolute atomic E-state index is 12.0. The van der Waals surface area contributed by atoms with Gasteiger partial charge in [-0.2, -0.15) is 0 Å². The Bertz CT molecular complexity index is 736.